The zero-order valence-corrected chi connectivity index (χ0v) is 14.8. The van der Waals surface area contributed by atoms with Crippen molar-refractivity contribution in [2.24, 2.45) is 5.92 Å². The van der Waals surface area contributed by atoms with E-state index in [-0.39, 0.29) is 23.9 Å². The van der Waals surface area contributed by atoms with E-state index in [2.05, 4.69) is 5.32 Å². The molecule has 1 aromatic rings. The zero-order valence-electron chi connectivity index (χ0n) is 14.8. The van der Waals surface area contributed by atoms with Crippen molar-refractivity contribution in [3.05, 3.63) is 23.2 Å². The summed E-state index contributed by atoms with van der Waals surface area (Å²) in [7, 11) is 0. The molecular weight excluding hydrogens is 306 g/mol. The third-order valence-corrected chi connectivity index (χ3v) is 4.91. The Balaban J connectivity index is 1.55. The summed E-state index contributed by atoms with van der Waals surface area (Å²) < 4.78 is 5.54. The van der Waals surface area contributed by atoms with E-state index in [1.165, 1.54) is 0 Å². The molecule has 2 fully saturated rings. The second-order valence-electron chi connectivity index (χ2n) is 6.98. The van der Waals surface area contributed by atoms with Crippen LogP contribution in [-0.2, 0) is 4.79 Å². The summed E-state index contributed by atoms with van der Waals surface area (Å²) >= 11 is 0. The van der Waals surface area contributed by atoms with Gasteiger partial charge < -0.3 is 19.5 Å². The Hall–Kier alpha value is -1.98. The van der Waals surface area contributed by atoms with Gasteiger partial charge >= 0.3 is 6.03 Å². The maximum Gasteiger partial charge on any atom is 0.317 e. The second kappa shape index (κ2) is 6.87. The van der Waals surface area contributed by atoms with Crippen molar-refractivity contribution in [2.75, 3.05) is 26.2 Å². The van der Waals surface area contributed by atoms with Crippen molar-refractivity contribution in [3.8, 4) is 0 Å². The van der Waals surface area contributed by atoms with E-state index in [1.807, 2.05) is 36.6 Å². The van der Waals surface area contributed by atoms with Crippen LogP contribution in [0.3, 0.4) is 0 Å². The Morgan fingerprint density at radius 1 is 1.17 bits per heavy atom. The van der Waals surface area contributed by atoms with Gasteiger partial charge in [0, 0.05) is 37.7 Å². The van der Waals surface area contributed by atoms with Crippen LogP contribution in [0.5, 0.6) is 0 Å². The van der Waals surface area contributed by atoms with Gasteiger partial charge in [-0.2, -0.15) is 0 Å². The molecular formula is C18H27N3O3. The smallest absolute Gasteiger partial charge is 0.317 e. The highest BCUT2D eigenvalue weighted by atomic mass is 16.3. The topological polar surface area (TPSA) is 65.8 Å². The van der Waals surface area contributed by atoms with Gasteiger partial charge in [-0.15, -0.1) is 0 Å². The maximum absolute atomic E-state index is 12.6. The minimum Gasteiger partial charge on any atom is -0.466 e. The van der Waals surface area contributed by atoms with E-state index in [1.54, 1.807) is 0 Å². The first-order chi connectivity index (χ1) is 11.5. The van der Waals surface area contributed by atoms with Gasteiger partial charge in [0.2, 0.25) is 5.91 Å². The van der Waals surface area contributed by atoms with Crippen molar-refractivity contribution in [1.29, 1.82) is 0 Å². The summed E-state index contributed by atoms with van der Waals surface area (Å²) in [6.45, 7) is 8.48. The van der Waals surface area contributed by atoms with Crippen LogP contribution in [0, 0.1) is 19.8 Å². The molecule has 0 bridgehead atoms. The van der Waals surface area contributed by atoms with Gasteiger partial charge in [-0.3, -0.25) is 4.79 Å². The average Bonchev–Trinajstić information content (AvgIpc) is 3.34. The summed E-state index contributed by atoms with van der Waals surface area (Å²) in [5.41, 5.74) is 1.02. The van der Waals surface area contributed by atoms with E-state index in [0.29, 0.717) is 19.6 Å². The molecule has 2 aliphatic rings. The Morgan fingerprint density at radius 2 is 1.83 bits per heavy atom. The van der Waals surface area contributed by atoms with Crippen LogP contribution in [0.15, 0.2) is 10.5 Å². The number of aryl methyl sites for hydroxylation is 2. The van der Waals surface area contributed by atoms with Crippen LogP contribution in [0.4, 0.5) is 4.79 Å². The molecule has 3 rings (SSSR count). The predicted molar refractivity (Wildman–Crippen MR) is 90.6 cm³/mol. The molecule has 0 radical (unpaired) electrons. The third-order valence-electron chi connectivity index (χ3n) is 4.91. The van der Waals surface area contributed by atoms with Gasteiger partial charge in [0.1, 0.15) is 11.5 Å². The van der Waals surface area contributed by atoms with Gasteiger partial charge in [-0.05, 0) is 46.1 Å². The van der Waals surface area contributed by atoms with E-state index < -0.39 is 0 Å². The summed E-state index contributed by atoms with van der Waals surface area (Å²) in [5, 5.41) is 3.05. The lowest BCUT2D eigenvalue weighted by molar-refractivity contribution is -0.132. The molecule has 0 unspecified atom stereocenters. The SMILES string of the molecule is Cc1cc([C@@H](C)NC(=O)N2CCCN(C(=O)C3CC3)CC2)c(C)o1. The fourth-order valence-corrected chi connectivity index (χ4v) is 3.36. The van der Waals surface area contributed by atoms with Crippen molar-refractivity contribution in [1.82, 2.24) is 15.1 Å². The minimum absolute atomic E-state index is 0.0681. The molecule has 1 saturated carbocycles. The molecule has 1 atom stereocenters. The first kappa shape index (κ1) is 16.9. The number of nitrogens with one attached hydrogen (secondary N) is 1. The number of carbonyl (C=O) groups is 2. The average molecular weight is 333 g/mol. The second-order valence-corrected chi connectivity index (χ2v) is 6.98. The Bertz CT molecular complexity index is 621. The highest BCUT2D eigenvalue weighted by Crippen LogP contribution is 2.31. The molecule has 2 heterocycles. The maximum atomic E-state index is 12.6. The molecule has 6 nitrogen and oxygen atoms in total. The van der Waals surface area contributed by atoms with Crippen molar-refractivity contribution in [3.63, 3.8) is 0 Å². The Labute approximate surface area is 143 Å². The molecule has 1 N–H and O–H groups in total. The molecule has 132 valence electrons. The fourth-order valence-electron chi connectivity index (χ4n) is 3.36. The van der Waals surface area contributed by atoms with Crippen LogP contribution in [0.1, 0.15) is 49.3 Å². The van der Waals surface area contributed by atoms with Gasteiger partial charge in [0.05, 0.1) is 6.04 Å². The third kappa shape index (κ3) is 3.74. The zero-order chi connectivity index (χ0) is 17.3. The molecule has 1 aliphatic carbocycles. The summed E-state index contributed by atoms with van der Waals surface area (Å²) in [6, 6.07) is 1.81. The molecule has 3 amide bonds. The first-order valence-electron chi connectivity index (χ1n) is 8.87. The van der Waals surface area contributed by atoms with Crippen LogP contribution in [0.25, 0.3) is 0 Å². The first-order valence-corrected chi connectivity index (χ1v) is 8.87. The molecule has 0 spiro atoms. The van der Waals surface area contributed by atoms with E-state index in [4.69, 9.17) is 4.42 Å². The normalized spacial score (nSPS) is 19.8. The van der Waals surface area contributed by atoms with E-state index in [9.17, 15) is 9.59 Å². The predicted octanol–water partition coefficient (Wildman–Crippen LogP) is 2.61. The molecule has 1 aromatic heterocycles. The van der Waals surface area contributed by atoms with Crippen LogP contribution >= 0.6 is 0 Å². The van der Waals surface area contributed by atoms with E-state index in [0.717, 1.165) is 42.9 Å². The lowest BCUT2D eigenvalue weighted by Gasteiger charge is -2.24. The van der Waals surface area contributed by atoms with Crippen LogP contribution in [-0.4, -0.2) is 47.9 Å². The number of carbonyl (C=O) groups excluding carboxylic acids is 2. The number of nitrogens with zero attached hydrogens (tertiary/aromatic N) is 2. The van der Waals surface area contributed by atoms with E-state index >= 15 is 0 Å². The number of furan rings is 1. The number of urea groups is 1. The van der Waals surface area contributed by atoms with Crippen molar-refractivity contribution < 1.29 is 14.0 Å². The quantitative estimate of drug-likeness (QED) is 0.925. The van der Waals surface area contributed by atoms with Gasteiger partial charge in [-0.1, -0.05) is 0 Å². The summed E-state index contributed by atoms with van der Waals surface area (Å²) in [4.78, 5) is 28.5. The molecule has 0 aromatic carbocycles. The Kier molecular flexibility index (Phi) is 4.83. The van der Waals surface area contributed by atoms with Crippen LogP contribution < -0.4 is 5.32 Å². The van der Waals surface area contributed by atoms with Crippen molar-refractivity contribution >= 4 is 11.9 Å². The summed E-state index contributed by atoms with van der Waals surface area (Å²) in [5.74, 6) is 2.22. The fraction of sp³-hybridized carbons (Fsp3) is 0.667. The van der Waals surface area contributed by atoms with Crippen LogP contribution in [0.2, 0.25) is 0 Å². The Morgan fingerprint density at radius 3 is 2.46 bits per heavy atom. The number of rotatable bonds is 3. The van der Waals surface area contributed by atoms with Crippen molar-refractivity contribution in [2.45, 2.75) is 46.1 Å². The highest BCUT2D eigenvalue weighted by Gasteiger charge is 2.34. The molecule has 6 heteroatoms. The van der Waals surface area contributed by atoms with Gasteiger partial charge in [0.25, 0.3) is 0 Å². The number of hydrogen-bond acceptors (Lipinski definition) is 3. The number of amides is 3. The molecule has 1 saturated heterocycles. The lowest BCUT2D eigenvalue weighted by Crippen LogP contribution is -2.43. The number of hydrogen-bond donors (Lipinski definition) is 1. The largest absolute Gasteiger partial charge is 0.466 e. The minimum atomic E-state index is -0.0950. The monoisotopic (exact) mass is 333 g/mol. The standard InChI is InChI=1S/C18H27N3O3/c1-12-11-16(14(3)24-12)13(2)19-18(23)21-8-4-7-20(9-10-21)17(22)15-5-6-15/h11,13,15H,4-10H2,1-3H3,(H,19,23)/t13-/m1/s1. The summed E-state index contributed by atoms with van der Waals surface area (Å²) in [6.07, 6.45) is 2.89. The molecule has 24 heavy (non-hydrogen) atoms. The lowest BCUT2D eigenvalue weighted by atomic mass is 10.1. The van der Waals surface area contributed by atoms with Gasteiger partial charge in [0.15, 0.2) is 0 Å². The highest BCUT2D eigenvalue weighted by molar-refractivity contribution is 5.81. The van der Waals surface area contributed by atoms with Gasteiger partial charge in [-0.25, -0.2) is 4.79 Å². The molecule has 1 aliphatic heterocycles.